The highest BCUT2D eigenvalue weighted by Gasteiger charge is 2.14. The van der Waals surface area contributed by atoms with Crippen molar-refractivity contribution in [3.05, 3.63) is 36.0 Å². The number of pyridine rings is 1. The van der Waals surface area contributed by atoms with Crippen LogP contribution in [0.2, 0.25) is 0 Å². The lowest BCUT2D eigenvalue weighted by molar-refractivity contribution is 0.973. The number of nitrogens with zero attached hydrogens (tertiary/aromatic N) is 5. The Morgan fingerprint density at radius 3 is 2.76 bits per heavy atom. The van der Waals surface area contributed by atoms with Gasteiger partial charge in [-0.25, -0.2) is 0 Å². The standard InChI is InChI=1S/C14H11N5S2/c1-19(2)13-17-18-14(21-13)20-12-9(7-15)8-16-11-6-4-3-5-10(11)12/h3-6,8H,1-2H3. The number of anilines is 1. The van der Waals surface area contributed by atoms with Crippen LogP contribution in [0.1, 0.15) is 5.56 Å². The van der Waals surface area contributed by atoms with Crippen molar-refractivity contribution < 1.29 is 0 Å². The lowest BCUT2D eigenvalue weighted by Gasteiger charge is -2.06. The molecular formula is C14H11N5S2. The Labute approximate surface area is 130 Å². The highest BCUT2D eigenvalue weighted by molar-refractivity contribution is 8.01. The van der Waals surface area contributed by atoms with E-state index in [-0.39, 0.29) is 0 Å². The molecule has 0 saturated heterocycles. The Balaban J connectivity index is 2.08. The number of benzene rings is 1. The molecule has 0 spiro atoms. The van der Waals surface area contributed by atoms with Gasteiger partial charge in [0.15, 0.2) is 4.34 Å². The Morgan fingerprint density at radius 2 is 2.05 bits per heavy atom. The van der Waals surface area contributed by atoms with Gasteiger partial charge in [-0.3, -0.25) is 4.98 Å². The summed E-state index contributed by atoms with van der Waals surface area (Å²) < 4.78 is 0.812. The molecule has 0 unspecified atom stereocenters. The van der Waals surface area contributed by atoms with E-state index in [2.05, 4.69) is 21.3 Å². The number of aromatic nitrogens is 3. The van der Waals surface area contributed by atoms with Crippen molar-refractivity contribution >= 4 is 39.1 Å². The minimum absolute atomic E-state index is 0.556. The molecule has 3 aromatic rings. The molecule has 0 amide bonds. The van der Waals surface area contributed by atoms with Crippen LogP contribution in [0.25, 0.3) is 10.9 Å². The summed E-state index contributed by atoms with van der Waals surface area (Å²) in [5, 5.41) is 19.4. The van der Waals surface area contributed by atoms with E-state index in [0.717, 1.165) is 25.3 Å². The van der Waals surface area contributed by atoms with Crippen molar-refractivity contribution in [3.8, 4) is 6.07 Å². The van der Waals surface area contributed by atoms with Crippen LogP contribution < -0.4 is 4.90 Å². The predicted molar refractivity (Wildman–Crippen MR) is 84.8 cm³/mol. The molecule has 0 fully saturated rings. The molecule has 0 aliphatic rings. The third-order valence-electron chi connectivity index (χ3n) is 2.81. The Hall–Kier alpha value is -2.17. The van der Waals surface area contributed by atoms with Gasteiger partial charge in [0.2, 0.25) is 5.13 Å². The zero-order valence-corrected chi connectivity index (χ0v) is 13.1. The van der Waals surface area contributed by atoms with Crippen LogP contribution in [-0.2, 0) is 0 Å². The van der Waals surface area contributed by atoms with E-state index in [9.17, 15) is 5.26 Å². The molecule has 7 heteroatoms. The van der Waals surface area contributed by atoms with Crippen LogP contribution >= 0.6 is 23.1 Å². The second kappa shape index (κ2) is 5.68. The number of hydrogen-bond donors (Lipinski definition) is 0. The van der Waals surface area contributed by atoms with Gasteiger partial charge < -0.3 is 4.90 Å². The van der Waals surface area contributed by atoms with E-state index in [1.165, 1.54) is 23.1 Å². The molecule has 0 N–H and O–H groups in total. The van der Waals surface area contributed by atoms with Gasteiger partial charge in [-0.2, -0.15) is 5.26 Å². The minimum Gasteiger partial charge on any atom is -0.353 e. The molecule has 2 aromatic heterocycles. The van der Waals surface area contributed by atoms with Crippen LogP contribution in [0.5, 0.6) is 0 Å². The summed E-state index contributed by atoms with van der Waals surface area (Å²) >= 11 is 2.96. The average Bonchev–Trinajstić information content (AvgIpc) is 2.96. The molecule has 3 rings (SSSR count). The lowest BCUT2D eigenvalue weighted by atomic mass is 10.2. The summed E-state index contributed by atoms with van der Waals surface area (Å²) in [6.45, 7) is 0. The normalized spacial score (nSPS) is 10.5. The van der Waals surface area contributed by atoms with Crippen LogP contribution in [-0.4, -0.2) is 29.3 Å². The fourth-order valence-corrected chi connectivity index (χ4v) is 3.71. The maximum atomic E-state index is 9.31. The fourth-order valence-electron chi connectivity index (χ4n) is 1.82. The second-order valence-electron chi connectivity index (χ2n) is 4.48. The molecular weight excluding hydrogens is 302 g/mol. The molecule has 0 saturated carbocycles. The molecule has 0 radical (unpaired) electrons. The first-order chi connectivity index (χ1) is 10.2. The second-order valence-corrected chi connectivity index (χ2v) is 6.69. The summed E-state index contributed by atoms with van der Waals surface area (Å²) in [5.74, 6) is 0. The topological polar surface area (TPSA) is 65.7 Å². The number of hydrogen-bond acceptors (Lipinski definition) is 7. The summed E-state index contributed by atoms with van der Waals surface area (Å²) in [5.41, 5.74) is 1.43. The van der Waals surface area contributed by atoms with Gasteiger partial charge in [0.1, 0.15) is 6.07 Å². The van der Waals surface area contributed by atoms with E-state index < -0.39 is 0 Å². The van der Waals surface area contributed by atoms with Gasteiger partial charge >= 0.3 is 0 Å². The van der Waals surface area contributed by atoms with E-state index >= 15 is 0 Å². The summed E-state index contributed by atoms with van der Waals surface area (Å²) in [7, 11) is 3.86. The zero-order valence-electron chi connectivity index (χ0n) is 11.4. The molecule has 2 heterocycles. The number of rotatable bonds is 3. The Kier molecular flexibility index (Phi) is 3.73. The maximum Gasteiger partial charge on any atom is 0.208 e. The average molecular weight is 313 g/mol. The van der Waals surface area contributed by atoms with Gasteiger partial charge in [-0.05, 0) is 6.07 Å². The van der Waals surface area contributed by atoms with Crippen LogP contribution in [0, 0.1) is 11.3 Å². The van der Waals surface area contributed by atoms with Crippen molar-refractivity contribution in [3.63, 3.8) is 0 Å². The van der Waals surface area contributed by atoms with Gasteiger partial charge in [0, 0.05) is 30.6 Å². The molecule has 104 valence electrons. The van der Waals surface area contributed by atoms with Crippen molar-refractivity contribution in [2.45, 2.75) is 9.24 Å². The Bertz CT molecular complexity index is 835. The highest BCUT2D eigenvalue weighted by Crippen LogP contribution is 2.37. The van der Waals surface area contributed by atoms with Crippen molar-refractivity contribution in [2.24, 2.45) is 0 Å². The minimum atomic E-state index is 0.556. The van der Waals surface area contributed by atoms with Crippen LogP contribution in [0.15, 0.2) is 39.7 Å². The first kappa shape index (κ1) is 13.8. The van der Waals surface area contributed by atoms with Gasteiger partial charge in [0.05, 0.1) is 11.1 Å². The maximum absolute atomic E-state index is 9.31. The van der Waals surface area contributed by atoms with Crippen LogP contribution in [0.3, 0.4) is 0 Å². The van der Waals surface area contributed by atoms with Crippen molar-refractivity contribution in [1.82, 2.24) is 15.2 Å². The molecule has 0 aliphatic heterocycles. The number of nitriles is 1. The quantitative estimate of drug-likeness (QED) is 0.740. The molecule has 0 atom stereocenters. The molecule has 5 nitrogen and oxygen atoms in total. The highest BCUT2D eigenvalue weighted by atomic mass is 32.2. The SMILES string of the molecule is CN(C)c1nnc(Sc2c(C#N)cnc3ccccc23)s1. The third kappa shape index (κ3) is 2.68. The largest absolute Gasteiger partial charge is 0.353 e. The smallest absolute Gasteiger partial charge is 0.208 e. The zero-order chi connectivity index (χ0) is 14.8. The summed E-state index contributed by atoms with van der Waals surface area (Å²) in [4.78, 5) is 7.10. The Morgan fingerprint density at radius 1 is 1.24 bits per heavy atom. The summed E-state index contributed by atoms with van der Waals surface area (Å²) in [6, 6.07) is 9.99. The molecule has 0 bridgehead atoms. The first-order valence-corrected chi connectivity index (χ1v) is 7.79. The van der Waals surface area contributed by atoms with E-state index in [0.29, 0.717) is 5.56 Å². The first-order valence-electron chi connectivity index (χ1n) is 6.15. The van der Waals surface area contributed by atoms with E-state index in [4.69, 9.17) is 0 Å². The molecule has 21 heavy (non-hydrogen) atoms. The number of para-hydroxylation sites is 1. The lowest BCUT2D eigenvalue weighted by Crippen LogP contribution is -2.07. The monoisotopic (exact) mass is 313 g/mol. The van der Waals surface area contributed by atoms with Crippen molar-refractivity contribution in [2.75, 3.05) is 19.0 Å². The summed E-state index contributed by atoms with van der Waals surface area (Å²) in [6.07, 6.45) is 1.61. The van der Waals surface area contributed by atoms with Gasteiger partial charge in [0.25, 0.3) is 0 Å². The van der Waals surface area contributed by atoms with Crippen molar-refractivity contribution in [1.29, 1.82) is 5.26 Å². The predicted octanol–water partition coefficient (Wildman–Crippen LogP) is 3.18. The van der Waals surface area contributed by atoms with Gasteiger partial charge in [-0.15, -0.1) is 10.2 Å². The van der Waals surface area contributed by atoms with E-state index in [1.807, 2.05) is 43.3 Å². The molecule has 1 aromatic carbocycles. The number of fused-ring (bicyclic) bond motifs is 1. The van der Waals surface area contributed by atoms with E-state index in [1.54, 1.807) is 6.20 Å². The third-order valence-corrected chi connectivity index (χ3v) is 5.10. The van der Waals surface area contributed by atoms with Crippen LogP contribution in [0.4, 0.5) is 5.13 Å². The van der Waals surface area contributed by atoms with Gasteiger partial charge in [-0.1, -0.05) is 41.3 Å². The molecule has 0 aliphatic carbocycles. The fraction of sp³-hybridized carbons (Fsp3) is 0.143.